The normalized spacial score (nSPS) is 10.4. The topological polar surface area (TPSA) is 29.1 Å². The smallest absolute Gasteiger partial charge is 0.258 e. The fourth-order valence-corrected chi connectivity index (χ4v) is 2.37. The highest BCUT2D eigenvalue weighted by Crippen LogP contribution is 2.29. The Kier molecular flexibility index (Phi) is 4.68. The molecule has 0 heterocycles. The molecule has 2 rings (SSSR count). The molecule has 0 saturated carbocycles. The Morgan fingerprint density at radius 1 is 1.20 bits per heavy atom. The lowest BCUT2D eigenvalue weighted by Crippen LogP contribution is -2.14. The number of amides is 1. The molecule has 0 aliphatic carbocycles. The zero-order valence-electron chi connectivity index (χ0n) is 10.3. The van der Waals surface area contributed by atoms with Crippen molar-refractivity contribution < 1.29 is 9.18 Å². The number of carbonyl (C=O) groups excluding carboxylic acids is 1. The average molecular weight is 377 g/mol. The van der Waals surface area contributed by atoms with Crippen LogP contribution >= 0.6 is 39.1 Å². The monoisotopic (exact) mass is 375 g/mol. The molecule has 0 unspecified atom stereocenters. The van der Waals surface area contributed by atoms with Crippen molar-refractivity contribution in [3.8, 4) is 0 Å². The van der Waals surface area contributed by atoms with Crippen LogP contribution in [-0.2, 0) is 0 Å². The second-order valence-electron chi connectivity index (χ2n) is 4.16. The summed E-state index contributed by atoms with van der Waals surface area (Å²) in [7, 11) is 0. The minimum Gasteiger partial charge on any atom is -0.320 e. The van der Waals surface area contributed by atoms with E-state index in [1.54, 1.807) is 19.1 Å². The van der Waals surface area contributed by atoms with Crippen molar-refractivity contribution in [2.24, 2.45) is 0 Å². The molecule has 0 radical (unpaired) electrons. The number of hydrogen-bond donors (Lipinski definition) is 1. The number of rotatable bonds is 2. The third kappa shape index (κ3) is 3.32. The summed E-state index contributed by atoms with van der Waals surface area (Å²) in [4.78, 5) is 12.0. The maximum Gasteiger partial charge on any atom is 0.258 e. The van der Waals surface area contributed by atoms with E-state index in [0.29, 0.717) is 20.2 Å². The first-order valence-corrected chi connectivity index (χ1v) is 7.15. The molecule has 0 bridgehead atoms. The minimum absolute atomic E-state index is 0.0686. The standard InChI is InChI=1S/C14H9BrCl2FNO/c1-7-4-11(17)13(6-10(7)16)19-14(20)9-3-2-8(15)5-12(9)18/h2-6H,1H3,(H,19,20). The van der Waals surface area contributed by atoms with E-state index in [0.717, 1.165) is 5.56 Å². The summed E-state index contributed by atoms with van der Waals surface area (Å²) in [5, 5.41) is 3.36. The predicted molar refractivity (Wildman–Crippen MR) is 83.3 cm³/mol. The van der Waals surface area contributed by atoms with E-state index in [-0.39, 0.29) is 5.56 Å². The Balaban J connectivity index is 2.30. The van der Waals surface area contributed by atoms with E-state index in [1.807, 2.05) is 0 Å². The zero-order chi connectivity index (χ0) is 14.9. The maximum absolute atomic E-state index is 13.7. The second-order valence-corrected chi connectivity index (χ2v) is 5.89. The first-order chi connectivity index (χ1) is 9.38. The van der Waals surface area contributed by atoms with Gasteiger partial charge in [0.05, 0.1) is 16.3 Å². The summed E-state index contributed by atoms with van der Waals surface area (Å²) < 4.78 is 14.3. The lowest BCUT2D eigenvalue weighted by molar-refractivity contribution is 0.102. The van der Waals surface area contributed by atoms with Gasteiger partial charge in [-0.05, 0) is 42.8 Å². The van der Waals surface area contributed by atoms with Crippen LogP contribution in [0.15, 0.2) is 34.8 Å². The molecule has 0 spiro atoms. The van der Waals surface area contributed by atoms with Gasteiger partial charge in [-0.2, -0.15) is 0 Å². The number of benzene rings is 2. The summed E-state index contributed by atoms with van der Waals surface area (Å²) in [5.74, 6) is -1.21. The fourth-order valence-electron chi connectivity index (χ4n) is 1.61. The predicted octanol–water partition coefficient (Wildman–Crippen LogP) is 5.46. The average Bonchev–Trinajstić information content (AvgIpc) is 2.35. The molecule has 0 atom stereocenters. The van der Waals surface area contributed by atoms with Gasteiger partial charge in [-0.3, -0.25) is 4.79 Å². The number of anilines is 1. The van der Waals surface area contributed by atoms with Gasteiger partial charge in [0.15, 0.2) is 0 Å². The van der Waals surface area contributed by atoms with Crippen LogP contribution in [0.1, 0.15) is 15.9 Å². The molecule has 0 aliphatic rings. The first kappa shape index (κ1) is 15.3. The van der Waals surface area contributed by atoms with Crippen molar-refractivity contribution in [1.29, 1.82) is 0 Å². The van der Waals surface area contributed by atoms with Crippen molar-refractivity contribution in [3.63, 3.8) is 0 Å². The van der Waals surface area contributed by atoms with Gasteiger partial charge in [-0.15, -0.1) is 0 Å². The summed E-state index contributed by atoms with van der Waals surface area (Å²) in [6.45, 7) is 1.80. The molecule has 0 aromatic heterocycles. The van der Waals surface area contributed by atoms with Crippen LogP contribution in [0.5, 0.6) is 0 Å². The molecule has 6 heteroatoms. The van der Waals surface area contributed by atoms with Crippen LogP contribution in [0, 0.1) is 12.7 Å². The highest BCUT2D eigenvalue weighted by Gasteiger charge is 2.14. The number of aryl methyl sites for hydroxylation is 1. The first-order valence-electron chi connectivity index (χ1n) is 5.60. The van der Waals surface area contributed by atoms with Crippen LogP contribution in [0.4, 0.5) is 10.1 Å². The summed E-state index contributed by atoms with van der Waals surface area (Å²) >= 11 is 15.1. The van der Waals surface area contributed by atoms with Gasteiger partial charge in [-0.25, -0.2) is 4.39 Å². The quantitative estimate of drug-likeness (QED) is 0.741. The van der Waals surface area contributed by atoms with Crippen LogP contribution in [-0.4, -0.2) is 5.91 Å². The van der Waals surface area contributed by atoms with Gasteiger partial charge < -0.3 is 5.32 Å². The molecule has 0 saturated heterocycles. The van der Waals surface area contributed by atoms with Gasteiger partial charge >= 0.3 is 0 Å². The van der Waals surface area contributed by atoms with Crippen LogP contribution < -0.4 is 5.32 Å². The van der Waals surface area contributed by atoms with Crippen LogP contribution in [0.2, 0.25) is 10.0 Å². The molecule has 2 nitrogen and oxygen atoms in total. The van der Waals surface area contributed by atoms with Gasteiger partial charge in [0.1, 0.15) is 5.82 Å². The van der Waals surface area contributed by atoms with Crippen molar-refractivity contribution >= 4 is 50.7 Å². The number of carbonyl (C=O) groups is 1. The summed E-state index contributed by atoms with van der Waals surface area (Å²) in [6, 6.07) is 7.37. The van der Waals surface area contributed by atoms with Gasteiger partial charge in [-0.1, -0.05) is 39.1 Å². The molecule has 0 fully saturated rings. The van der Waals surface area contributed by atoms with E-state index in [4.69, 9.17) is 23.2 Å². The maximum atomic E-state index is 13.7. The molecule has 1 N–H and O–H groups in total. The largest absolute Gasteiger partial charge is 0.320 e. The number of halogens is 4. The van der Waals surface area contributed by atoms with Gasteiger partial charge in [0.2, 0.25) is 0 Å². The highest BCUT2D eigenvalue weighted by atomic mass is 79.9. The lowest BCUT2D eigenvalue weighted by Gasteiger charge is -2.10. The molecule has 0 aliphatic heterocycles. The van der Waals surface area contributed by atoms with Gasteiger partial charge in [0, 0.05) is 9.50 Å². The van der Waals surface area contributed by atoms with E-state index in [9.17, 15) is 9.18 Å². The summed E-state index contributed by atoms with van der Waals surface area (Å²) in [6.07, 6.45) is 0. The van der Waals surface area contributed by atoms with E-state index in [1.165, 1.54) is 18.2 Å². The Labute approximate surface area is 134 Å². The molecular formula is C14H9BrCl2FNO. The molecule has 2 aromatic carbocycles. The second kappa shape index (κ2) is 6.12. The zero-order valence-corrected chi connectivity index (χ0v) is 13.4. The molecule has 1 amide bonds. The minimum atomic E-state index is -0.619. The molecular weight excluding hydrogens is 368 g/mol. The van der Waals surface area contributed by atoms with E-state index < -0.39 is 11.7 Å². The SMILES string of the molecule is Cc1cc(Cl)c(NC(=O)c2ccc(Br)cc2F)cc1Cl. The van der Waals surface area contributed by atoms with E-state index >= 15 is 0 Å². The number of nitrogens with one attached hydrogen (secondary N) is 1. The van der Waals surface area contributed by atoms with Crippen molar-refractivity contribution in [2.75, 3.05) is 5.32 Å². The van der Waals surface area contributed by atoms with Crippen molar-refractivity contribution in [3.05, 3.63) is 61.8 Å². The van der Waals surface area contributed by atoms with Crippen molar-refractivity contribution in [1.82, 2.24) is 0 Å². The number of hydrogen-bond acceptors (Lipinski definition) is 1. The lowest BCUT2D eigenvalue weighted by atomic mass is 10.2. The Morgan fingerprint density at radius 2 is 1.90 bits per heavy atom. The molecule has 20 heavy (non-hydrogen) atoms. The fraction of sp³-hybridized carbons (Fsp3) is 0.0714. The molecule has 104 valence electrons. The van der Waals surface area contributed by atoms with Gasteiger partial charge in [0.25, 0.3) is 5.91 Å². The third-order valence-electron chi connectivity index (χ3n) is 2.67. The Morgan fingerprint density at radius 3 is 2.55 bits per heavy atom. The Hall–Kier alpha value is -1.10. The van der Waals surface area contributed by atoms with Crippen molar-refractivity contribution in [2.45, 2.75) is 6.92 Å². The highest BCUT2D eigenvalue weighted by molar-refractivity contribution is 9.10. The Bertz CT molecular complexity index is 691. The third-order valence-corrected chi connectivity index (χ3v) is 3.89. The van der Waals surface area contributed by atoms with E-state index in [2.05, 4.69) is 21.2 Å². The molecule has 2 aromatic rings. The summed E-state index contributed by atoms with van der Waals surface area (Å²) in [5.41, 5.74) is 1.07. The van der Waals surface area contributed by atoms with Crippen LogP contribution in [0.3, 0.4) is 0 Å². The van der Waals surface area contributed by atoms with Crippen LogP contribution in [0.25, 0.3) is 0 Å².